The highest BCUT2D eigenvalue weighted by atomic mass is 79.9. The van der Waals surface area contributed by atoms with Gasteiger partial charge in [0.2, 0.25) is 0 Å². The van der Waals surface area contributed by atoms with Crippen molar-refractivity contribution in [3.8, 4) is 0 Å². The number of thiazole rings is 1. The SMILES string of the molecule is O=C1C(=O)N(Cc2cnc(Cl)s2)c2cccc(Br)c21. The van der Waals surface area contributed by atoms with Crippen molar-refractivity contribution in [3.63, 3.8) is 0 Å². The van der Waals surface area contributed by atoms with Crippen LogP contribution in [0.2, 0.25) is 4.47 Å². The summed E-state index contributed by atoms with van der Waals surface area (Å²) in [5.41, 5.74) is 1.04. The quantitative estimate of drug-likeness (QED) is 0.775. The number of hydrogen-bond donors (Lipinski definition) is 0. The number of amides is 1. The predicted octanol–water partition coefficient (Wildman–Crippen LogP) is 3.29. The van der Waals surface area contributed by atoms with Crippen molar-refractivity contribution in [3.05, 3.63) is 43.8 Å². The van der Waals surface area contributed by atoms with Crippen molar-refractivity contribution in [2.45, 2.75) is 6.54 Å². The molecule has 4 nitrogen and oxygen atoms in total. The summed E-state index contributed by atoms with van der Waals surface area (Å²) in [4.78, 5) is 30.2. The molecule has 3 rings (SSSR count). The average Bonchev–Trinajstić information content (AvgIpc) is 2.88. The molecule has 0 spiro atoms. The van der Waals surface area contributed by atoms with E-state index < -0.39 is 11.7 Å². The molecule has 1 amide bonds. The van der Waals surface area contributed by atoms with Crippen LogP contribution in [0.4, 0.5) is 5.69 Å². The van der Waals surface area contributed by atoms with Crippen molar-refractivity contribution in [2.24, 2.45) is 0 Å². The number of anilines is 1. The molecule has 7 heteroatoms. The van der Waals surface area contributed by atoms with E-state index in [-0.39, 0.29) is 0 Å². The standard InChI is InChI=1S/C12H6BrClN2O2S/c13-7-2-1-3-8-9(7)10(17)11(18)16(8)5-6-4-15-12(14)19-6/h1-4H,5H2. The van der Waals surface area contributed by atoms with Crippen molar-refractivity contribution in [2.75, 3.05) is 4.90 Å². The van der Waals surface area contributed by atoms with Gasteiger partial charge in [0.15, 0.2) is 4.47 Å². The van der Waals surface area contributed by atoms with Crippen LogP contribution in [-0.2, 0) is 11.3 Å². The number of aromatic nitrogens is 1. The summed E-state index contributed by atoms with van der Waals surface area (Å²) in [6, 6.07) is 5.30. The molecular weight excluding hydrogens is 352 g/mol. The lowest BCUT2D eigenvalue weighted by molar-refractivity contribution is -0.114. The summed E-state index contributed by atoms with van der Waals surface area (Å²) in [7, 11) is 0. The van der Waals surface area contributed by atoms with Crippen LogP contribution in [0, 0.1) is 0 Å². The molecule has 2 aromatic rings. The van der Waals surface area contributed by atoms with Crippen LogP contribution in [0.1, 0.15) is 15.2 Å². The lowest BCUT2D eigenvalue weighted by Crippen LogP contribution is -2.28. The zero-order chi connectivity index (χ0) is 13.6. The van der Waals surface area contributed by atoms with Crippen LogP contribution in [0.5, 0.6) is 0 Å². The molecule has 0 unspecified atom stereocenters. The molecule has 96 valence electrons. The summed E-state index contributed by atoms with van der Waals surface area (Å²) in [6.07, 6.45) is 1.61. The number of carbonyl (C=O) groups is 2. The first kappa shape index (κ1) is 12.8. The normalized spacial score (nSPS) is 14.1. The van der Waals surface area contributed by atoms with E-state index >= 15 is 0 Å². The Morgan fingerprint density at radius 3 is 2.84 bits per heavy atom. The maximum Gasteiger partial charge on any atom is 0.299 e. The first-order valence-electron chi connectivity index (χ1n) is 5.33. The Bertz CT molecular complexity index is 701. The number of rotatable bonds is 2. The van der Waals surface area contributed by atoms with Gasteiger partial charge in [-0.25, -0.2) is 4.98 Å². The Labute approximate surface area is 126 Å². The molecule has 1 aliphatic rings. The van der Waals surface area contributed by atoms with Crippen molar-refractivity contribution in [1.82, 2.24) is 4.98 Å². The van der Waals surface area contributed by atoms with Crippen LogP contribution >= 0.6 is 38.9 Å². The van der Waals surface area contributed by atoms with Gasteiger partial charge in [0, 0.05) is 15.5 Å². The zero-order valence-electron chi connectivity index (χ0n) is 9.39. The van der Waals surface area contributed by atoms with Gasteiger partial charge in [-0.15, -0.1) is 11.3 Å². The van der Waals surface area contributed by atoms with E-state index in [4.69, 9.17) is 11.6 Å². The number of halogens is 2. The lowest BCUT2D eigenvalue weighted by Gasteiger charge is -2.14. The first-order valence-corrected chi connectivity index (χ1v) is 7.31. The van der Waals surface area contributed by atoms with Gasteiger partial charge < -0.3 is 0 Å². The molecule has 1 aliphatic heterocycles. The molecule has 1 aromatic heterocycles. The minimum absolute atomic E-state index is 0.304. The Morgan fingerprint density at radius 2 is 2.16 bits per heavy atom. The maximum atomic E-state index is 12.0. The summed E-state index contributed by atoms with van der Waals surface area (Å²) in [5, 5.41) is 0. The minimum atomic E-state index is -0.522. The molecule has 0 fully saturated rings. The summed E-state index contributed by atoms with van der Waals surface area (Å²) in [6.45, 7) is 0.304. The van der Waals surface area contributed by atoms with E-state index in [0.29, 0.717) is 26.7 Å². The van der Waals surface area contributed by atoms with Gasteiger partial charge in [-0.2, -0.15) is 0 Å². The van der Waals surface area contributed by atoms with Gasteiger partial charge >= 0.3 is 0 Å². The lowest BCUT2D eigenvalue weighted by atomic mass is 10.1. The van der Waals surface area contributed by atoms with Crippen molar-refractivity contribution >= 4 is 56.2 Å². The number of benzene rings is 1. The number of fused-ring (bicyclic) bond motifs is 1. The second-order valence-corrected chi connectivity index (χ2v) is 6.49. The van der Waals surface area contributed by atoms with Gasteiger partial charge in [0.25, 0.3) is 11.7 Å². The number of Topliss-reactive ketones (excluding diaryl/α,β-unsaturated/α-hetero) is 1. The third-order valence-electron chi connectivity index (χ3n) is 2.79. The molecule has 1 aromatic carbocycles. The van der Waals surface area contributed by atoms with E-state index in [1.807, 2.05) is 0 Å². The Kier molecular flexibility index (Phi) is 3.16. The van der Waals surface area contributed by atoms with Crippen molar-refractivity contribution in [1.29, 1.82) is 0 Å². The van der Waals surface area contributed by atoms with Gasteiger partial charge in [-0.1, -0.05) is 17.7 Å². The Morgan fingerprint density at radius 1 is 1.37 bits per heavy atom. The highest BCUT2D eigenvalue weighted by Gasteiger charge is 2.37. The van der Waals surface area contributed by atoms with Gasteiger partial charge in [0.05, 0.1) is 17.8 Å². The van der Waals surface area contributed by atoms with Gasteiger partial charge in [-0.3, -0.25) is 14.5 Å². The number of hydrogen-bond acceptors (Lipinski definition) is 4. The zero-order valence-corrected chi connectivity index (χ0v) is 12.6. The average molecular weight is 358 g/mol. The minimum Gasteiger partial charge on any atom is -0.299 e. The third kappa shape index (κ3) is 2.09. The second-order valence-electron chi connectivity index (χ2n) is 3.93. The molecule has 2 heterocycles. The molecule has 0 N–H and O–H groups in total. The fraction of sp³-hybridized carbons (Fsp3) is 0.0833. The largest absolute Gasteiger partial charge is 0.299 e. The van der Waals surface area contributed by atoms with Crippen LogP contribution < -0.4 is 4.90 Å². The second kappa shape index (κ2) is 4.70. The smallest absolute Gasteiger partial charge is 0.299 e. The van der Waals surface area contributed by atoms with Crippen LogP contribution in [0.3, 0.4) is 0 Å². The molecule has 19 heavy (non-hydrogen) atoms. The van der Waals surface area contributed by atoms with Gasteiger partial charge in [-0.05, 0) is 28.1 Å². The van der Waals surface area contributed by atoms with Gasteiger partial charge in [0.1, 0.15) is 0 Å². The van der Waals surface area contributed by atoms with E-state index in [1.54, 1.807) is 24.4 Å². The molecule has 0 bridgehead atoms. The summed E-state index contributed by atoms with van der Waals surface area (Å²) >= 11 is 10.4. The monoisotopic (exact) mass is 356 g/mol. The number of carbonyl (C=O) groups excluding carboxylic acids is 2. The molecule has 0 saturated heterocycles. The topological polar surface area (TPSA) is 50.3 Å². The number of nitrogens with zero attached hydrogens (tertiary/aromatic N) is 2. The molecule has 0 aliphatic carbocycles. The van der Waals surface area contributed by atoms with E-state index in [1.165, 1.54) is 16.2 Å². The van der Waals surface area contributed by atoms with E-state index in [9.17, 15) is 9.59 Å². The Hall–Kier alpha value is -1.24. The first-order chi connectivity index (χ1) is 9.08. The molecule has 0 atom stereocenters. The molecule has 0 saturated carbocycles. The van der Waals surface area contributed by atoms with E-state index in [0.717, 1.165) is 4.88 Å². The Balaban J connectivity index is 2.02. The summed E-state index contributed by atoms with van der Waals surface area (Å²) < 4.78 is 1.05. The van der Waals surface area contributed by atoms with E-state index in [2.05, 4.69) is 20.9 Å². The maximum absolute atomic E-state index is 12.0. The molecular formula is C12H6BrClN2O2S. The van der Waals surface area contributed by atoms with Crippen LogP contribution in [-0.4, -0.2) is 16.7 Å². The van der Waals surface area contributed by atoms with Crippen molar-refractivity contribution < 1.29 is 9.59 Å². The summed E-state index contributed by atoms with van der Waals surface area (Å²) in [5.74, 6) is -1.01. The fourth-order valence-corrected chi connectivity index (χ4v) is 3.47. The number of ketones is 1. The predicted molar refractivity (Wildman–Crippen MR) is 76.8 cm³/mol. The van der Waals surface area contributed by atoms with Crippen LogP contribution in [0.15, 0.2) is 28.9 Å². The fourth-order valence-electron chi connectivity index (χ4n) is 1.97. The highest BCUT2D eigenvalue weighted by Crippen LogP contribution is 2.35. The van der Waals surface area contributed by atoms with Crippen LogP contribution in [0.25, 0.3) is 0 Å². The molecule has 0 radical (unpaired) electrons. The highest BCUT2D eigenvalue weighted by molar-refractivity contribution is 9.10. The third-order valence-corrected chi connectivity index (χ3v) is 4.55.